The molecule has 1 aromatic heterocycles. The summed E-state index contributed by atoms with van der Waals surface area (Å²) in [5.74, 6) is 0. The maximum absolute atomic E-state index is 4.53. The lowest BCUT2D eigenvalue weighted by atomic mass is 10.0. The van der Waals surface area contributed by atoms with Gasteiger partial charge in [-0.25, -0.2) is 0 Å². The van der Waals surface area contributed by atoms with Crippen LogP contribution in [0.2, 0.25) is 0 Å². The lowest BCUT2D eigenvalue weighted by Gasteiger charge is -2.10. The fourth-order valence-corrected chi connectivity index (χ4v) is 3.49. The summed E-state index contributed by atoms with van der Waals surface area (Å²) in [7, 11) is 0. The van der Waals surface area contributed by atoms with Crippen molar-refractivity contribution < 1.29 is 0 Å². The van der Waals surface area contributed by atoms with Gasteiger partial charge in [0.1, 0.15) is 0 Å². The Morgan fingerprint density at radius 1 is 0.654 bits per heavy atom. The van der Waals surface area contributed by atoms with E-state index in [0.717, 1.165) is 27.1 Å². The van der Waals surface area contributed by atoms with Gasteiger partial charge in [-0.15, -0.1) is 0 Å². The first-order valence-electron chi connectivity index (χ1n) is 8.43. The van der Waals surface area contributed by atoms with Crippen molar-refractivity contribution in [2.45, 2.75) is 0 Å². The van der Waals surface area contributed by atoms with Gasteiger partial charge in [-0.05, 0) is 41.5 Å². The summed E-state index contributed by atoms with van der Waals surface area (Å²) in [4.78, 5) is 4.53. The Bertz CT molecular complexity index is 1010. The van der Waals surface area contributed by atoms with Gasteiger partial charge < -0.3 is 5.32 Å². The SMILES string of the molecule is Brc1cc(-c2cc(Nc3ccccc3)ccn2)ccc1-c1ccccc1. The summed E-state index contributed by atoms with van der Waals surface area (Å²) in [6, 6.07) is 30.9. The summed E-state index contributed by atoms with van der Waals surface area (Å²) >= 11 is 3.71. The van der Waals surface area contributed by atoms with Crippen molar-refractivity contribution in [1.29, 1.82) is 0 Å². The van der Waals surface area contributed by atoms with Gasteiger partial charge in [0, 0.05) is 27.6 Å². The van der Waals surface area contributed by atoms with Crippen molar-refractivity contribution in [3.8, 4) is 22.4 Å². The van der Waals surface area contributed by atoms with Crippen LogP contribution in [0.1, 0.15) is 0 Å². The molecule has 3 aromatic carbocycles. The molecule has 3 heteroatoms. The van der Waals surface area contributed by atoms with Crippen molar-refractivity contribution in [3.05, 3.63) is 102 Å². The van der Waals surface area contributed by atoms with E-state index in [0.29, 0.717) is 0 Å². The number of benzene rings is 3. The Balaban J connectivity index is 1.64. The van der Waals surface area contributed by atoms with Crippen LogP contribution < -0.4 is 5.32 Å². The van der Waals surface area contributed by atoms with Crippen molar-refractivity contribution in [3.63, 3.8) is 0 Å². The van der Waals surface area contributed by atoms with Crippen LogP contribution in [0.3, 0.4) is 0 Å². The second-order valence-corrected chi connectivity index (χ2v) is 6.84. The quantitative estimate of drug-likeness (QED) is 0.401. The predicted molar refractivity (Wildman–Crippen MR) is 113 cm³/mol. The van der Waals surface area contributed by atoms with Crippen LogP contribution >= 0.6 is 15.9 Å². The molecule has 0 fully saturated rings. The molecular weight excluding hydrogens is 384 g/mol. The molecule has 4 rings (SSSR count). The molecule has 0 bridgehead atoms. The summed E-state index contributed by atoms with van der Waals surface area (Å²) in [5.41, 5.74) is 6.46. The number of hydrogen-bond donors (Lipinski definition) is 1. The molecule has 0 aliphatic heterocycles. The van der Waals surface area contributed by atoms with Crippen LogP contribution in [0, 0.1) is 0 Å². The Hall–Kier alpha value is -2.91. The minimum atomic E-state index is 0.936. The van der Waals surface area contributed by atoms with Gasteiger partial charge >= 0.3 is 0 Å². The number of halogens is 1. The molecule has 26 heavy (non-hydrogen) atoms. The number of nitrogens with zero attached hydrogens (tertiary/aromatic N) is 1. The highest BCUT2D eigenvalue weighted by Crippen LogP contribution is 2.32. The van der Waals surface area contributed by atoms with E-state index in [2.05, 4.69) is 74.8 Å². The summed E-state index contributed by atoms with van der Waals surface area (Å²) in [5, 5.41) is 3.41. The highest BCUT2D eigenvalue weighted by Gasteiger charge is 2.07. The number of hydrogen-bond acceptors (Lipinski definition) is 2. The Morgan fingerprint density at radius 3 is 2.12 bits per heavy atom. The number of anilines is 2. The zero-order valence-corrected chi connectivity index (χ0v) is 15.6. The number of nitrogens with one attached hydrogen (secondary N) is 1. The maximum Gasteiger partial charge on any atom is 0.0723 e. The van der Waals surface area contributed by atoms with Gasteiger partial charge in [-0.1, -0.05) is 76.6 Å². The van der Waals surface area contributed by atoms with E-state index in [1.165, 1.54) is 11.1 Å². The van der Waals surface area contributed by atoms with Gasteiger partial charge in [0.25, 0.3) is 0 Å². The Morgan fingerprint density at radius 2 is 1.38 bits per heavy atom. The molecule has 4 aromatic rings. The lowest BCUT2D eigenvalue weighted by Crippen LogP contribution is -1.92. The maximum atomic E-state index is 4.53. The molecule has 0 aliphatic carbocycles. The monoisotopic (exact) mass is 400 g/mol. The normalized spacial score (nSPS) is 10.5. The van der Waals surface area contributed by atoms with E-state index in [4.69, 9.17) is 0 Å². The molecule has 1 N–H and O–H groups in total. The van der Waals surface area contributed by atoms with Crippen LogP contribution in [0.4, 0.5) is 11.4 Å². The first-order valence-corrected chi connectivity index (χ1v) is 9.22. The fourth-order valence-electron chi connectivity index (χ4n) is 2.88. The summed E-state index contributed by atoms with van der Waals surface area (Å²) in [6.45, 7) is 0. The molecule has 0 atom stereocenters. The molecule has 2 nitrogen and oxygen atoms in total. The third kappa shape index (κ3) is 3.68. The smallest absolute Gasteiger partial charge is 0.0723 e. The highest BCUT2D eigenvalue weighted by molar-refractivity contribution is 9.10. The van der Waals surface area contributed by atoms with E-state index >= 15 is 0 Å². The molecule has 0 amide bonds. The fraction of sp³-hybridized carbons (Fsp3) is 0. The predicted octanol–water partition coefficient (Wildman–Crippen LogP) is 6.92. The first kappa shape index (κ1) is 16.6. The van der Waals surface area contributed by atoms with Crippen LogP contribution in [0.25, 0.3) is 22.4 Å². The van der Waals surface area contributed by atoms with E-state index in [9.17, 15) is 0 Å². The second-order valence-electron chi connectivity index (χ2n) is 5.98. The van der Waals surface area contributed by atoms with Crippen molar-refractivity contribution in [2.24, 2.45) is 0 Å². The zero-order valence-electron chi connectivity index (χ0n) is 14.1. The molecule has 0 aliphatic rings. The van der Waals surface area contributed by atoms with E-state index in [-0.39, 0.29) is 0 Å². The number of rotatable bonds is 4. The second kappa shape index (κ2) is 7.54. The average Bonchev–Trinajstić information content (AvgIpc) is 2.69. The molecule has 0 radical (unpaired) electrons. The third-order valence-electron chi connectivity index (χ3n) is 4.17. The molecule has 0 saturated carbocycles. The number of para-hydroxylation sites is 1. The topological polar surface area (TPSA) is 24.9 Å². The van der Waals surface area contributed by atoms with Gasteiger partial charge in [0.05, 0.1) is 5.69 Å². The first-order chi connectivity index (χ1) is 12.8. The molecule has 1 heterocycles. The van der Waals surface area contributed by atoms with Gasteiger partial charge in [0.2, 0.25) is 0 Å². The van der Waals surface area contributed by atoms with E-state index in [1.54, 1.807) is 0 Å². The number of aromatic nitrogens is 1. The standard InChI is InChI=1S/C23H17BrN2/c24-22-15-18(11-12-21(22)17-7-3-1-4-8-17)23-16-20(13-14-25-23)26-19-9-5-2-6-10-19/h1-16H,(H,25,26). The third-order valence-corrected chi connectivity index (χ3v) is 4.83. The van der Waals surface area contributed by atoms with Crippen molar-refractivity contribution in [1.82, 2.24) is 4.98 Å². The average molecular weight is 401 g/mol. The van der Waals surface area contributed by atoms with Crippen LogP contribution in [-0.4, -0.2) is 4.98 Å². The van der Waals surface area contributed by atoms with E-state index in [1.807, 2.05) is 48.7 Å². The molecule has 126 valence electrons. The minimum Gasteiger partial charge on any atom is -0.355 e. The largest absolute Gasteiger partial charge is 0.355 e. The minimum absolute atomic E-state index is 0.936. The van der Waals surface area contributed by atoms with Gasteiger partial charge in [-0.2, -0.15) is 0 Å². The van der Waals surface area contributed by atoms with Crippen LogP contribution in [0.15, 0.2) is 102 Å². The Kier molecular flexibility index (Phi) is 4.80. The number of pyridine rings is 1. The van der Waals surface area contributed by atoms with Gasteiger partial charge in [-0.3, -0.25) is 4.98 Å². The zero-order chi connectivity index (χ0) is 17.8. The van der Waals surface area contributed by atoms with Crippen LogP contribution in [-0.2, 0) is 0 Å². The Labute approximate surface area is 161 Å². The lowest BCUT2D eigenvalue weighted by molar-refractivity contribution is 1.32. The highest BCUT2D eigenvalue weighted by atomic mass is 79.9. The molecular formula is C23H17BrN2. The summed E-state index contributed by atoms with van der Waals surface area (Å²) in [6.07, 6.45) is 1.83. The molecule has 0 saturated heterocycles. The van der Waals surface area contributed by atoms with Crippen molar-refractivity contribution >= 4 is 27.3 Å². The van der Waals surface area contributed by atoms with Gasteiger partial charge in [0.15, 0.2) is 0 Å². The van der Waals surface area contributed by atoms with E-state index < -0.39 is 0 Å². The molecule has 0 unspecified atom stereocenters. The van der Waals surface area contributed by atoms with Crippen molar-refractivity contribution in [2.75, 3.05) is 5.32 Å². The molecule has 0 spiro atoms. The van der Waals surface area contributed by atoms with Crippen LogP contribution in [0.5, 0.6) is 0 Å². The summed E-state index contributed by atoms with van der Waals surface area (Å²) < 4.78 is 1.06.